The molecule has 0 aliphatic carbocycles. The van der Waals surface area contributed by atoms with Crippen LogP contribution in [0, 0.1) is 12.7 Å². The number of alkyl halides is 1. The summed E-state index contributed by atoms with van der Waals surface area (Å²) >= 11 is 9.52. The molecule has 2 rings (SSSR count). The fourth-order valence-electron chi connectivity index (χ4n) is 1.77. The molecule has 0 bridgehead atoms. The van der Waals surface area contributed by atoms with E-state index in [1.807, 2.05) is 25.1 Å². The van der Waals surface area contributed by atoms with E-state index in [2.05, 4.69) is 20.9 Å². The number of benzene rings is 1. The van der Waals surface area contributed by atoms with Gasteiger partial charge < -0.3 is 0 Å². The minimum Gasteiger partial charge on any atom is -0.261 e. The van der Waals surface area contributed by atoms with E-state index in [0.29, 0.717) is 6.42 Å². The summed E-state index contributed by atoms with van der Waals surface area (Å²) in [6.45, 7) is 2.01. The van der Waals surface area contributed by atoms with E-state index in [1.54, 1.807) is 12.3 Å². The van der Waals surface area contributed by atoms with E-state index in [0.717, 1.165) is 16.8 Å². The molecule has 0 spiro atoms. The lowest BCUT2D eigenvalue weighted by molar-refractivity contribution is 0.625. The molecular weight excluding hydrogens is 317 g/mol. The molecule has 1 heterocycles. The van der Waals surface area contributed by atoms with Crippen molar-refractivity contribution in [2.45, 2.75) is 18.2 Å². The van der Waals surface area contributed by atoms with Crippen molar-refractivity contribution in [3.8, 4) is 0 Å². The molecule has 0 saturated carbocycles. The molecule has 0 fully saturated rings. The Morgan fingerprint density at radius 3 is 2.83 bits per heavy atom. The Kier molecular flexibility index (Phi) is 4.36. The lowest BCUT2D eigenvalue weighted by atomic mass is 10.0. The van der Waals surface area contributed by atoms with Crippen molar-refractivity contribution in [2.75, 3.05) is 0 Å². The normalized spacial score (nSPS) is 12.4. The Hall–Kier alpha value is -0.930. The number of nitrogens with zero attached hydrogens (tertiary/aromatic N) is 1. The standard InChI is InChI=1S/C14H12BrClFN/c1-9-4-3-7-18-13(9)8-11(15)10-5-2-6-12(17)14(10)16/h2-7,11H,8H2,1H3. The van der Waals surface area contributed by atoms with Gasteiger partial charge in [0.15, 0.2) is 0 Å². The molecule has 0 N–H and O–H groups in total. The summed E-state index contributed by atoms with van der Waals surface area (Å²) in [5, 5.41) is 0.174. The first-order valence-corrected chi connectivity index (χ1v) is 6.87. The van der Waals surface area contributed by atoms with Gasteiger partial charge in [0.05, 0.1) is 5.02 Å². The number of rotatable bonds is 3. The summed E-state index contributed by atoms with van der Waals surface area (Å²) in [4.78, 5) is 4.28. The van der Waals surface area contributed by atoms with Crippen LogP contribution in [0.3, 0.4) is 0 Å². The predicted molar refractivity (Wildman–Crippen MR) is 75.8 cm³/mol. The number of hydrogen-bond donors (Lipinski definition) is 0. The third kappa shape index (κ3) is 2.90. The van der Waals surface area contributed by atoms with Gasteiger partial charge in [-0.05, 0) is 30.2 Å². The Morgan fingerprint density at radius 2 is 2.11 bits per heavy atom. The van der Waals surface area contributed by atoms with Crippen LogP contribution in [0.4, 0.5) is 4.39 Å². The molecule has 1 aromatic heterocycles. The molecule has 1 unspecified atom stereocenters. The van der Waals surface area contributed by atoms with E-state index in [-0.39, 0.29) is 9.85 Å². The first kappa shape index (κ1) is 13.5. The SMILES string of the molecule is Cc1cccnc1CC(Br)c1cccc(F)c1Cl. The average Bonchev–Trinajstić information content (AvgIpc) is 2.35. The van der Waals surface area contributed by atoms with Crippen molar-refractivity contribution in [3.63, 3.8) is 0 Å². The van der Waals surface area contributed by atoms with Crippen LogP contribution in [-0.2, 0) is 6.42 Å². The molecule has 0 aliphatic heterocycles. The summed E-state index contributed by atoms with van der Waals surface area (Å²) in [5.41, 5.74) is 2.86. The highest BCUT2D eigenvalue weighted by molar-refractivity contribution is 9.09. The zero-order chi connectivity index (χ0) is 13.1. The fourth-order valence-corrected chi connectivity index (χ4v) is 2.85. The summed E-state index contributed by atoms with van der Waals surface area (Å²) < 4.78 is 13.4. The van der Waals surface area contributed by atoms with Gasteiger partial charge in [0.1, 0.15) is 5.82 Å². The van der Waals surface area contributed by atoms with Crippen LogP contribution in [-0.4, -0.2) is 4.98 Å². The molecule has 0 amide bonds. The van der Waals surface area contributed by atoms with Gasteiger partial charge in [-0.1, -0.05) is 45.7 Å². The molecule has 0 aliphatic rings. The first-order valence-electron chi connectivity index (χ1n) is 5.58. The van der Waals surface area contributed by atoms with Crippen LogP contribution in [0.5, 0.6) is 0 Å². The van der Waals surface area contributed by atoms with Crippen LogP contribution in [0.15, 0.2) is 36.5 Å². The highest BCUT2D eigenvalue weighted by Gasteiger charge is 2.16. The summed E-state index contributed by atoms with van der Waals surface area (Å²) in [6.07, 6.45) is 2.44. The van der Waals surface area contributed by atoms with Crippen molar-refractivity contribution in [1.29, 1.82) is 0 Å². The monoisotopic (exact) mass is 327 g/mol. The van der Waals surface area contributed by atoms with Crippen LogP contribution in [0.1, 0.15) is 21.6 Å². The van der Waals surface area contributed by atoms with E-state index in [4.69, 9.17) is 11.6 Å². The van der Waals surface area contributed by atoms with Gasteiger partial charge in [-0.3, -0.25) is 4.98 Å². The molecular formula is C14H12BrClFN. The Labute approximate surface area is 119 Å². The number of aromatic nitrogens is 1. The van der Waals surface area contributed by atoms with Crippen molar-refractivity contribution in [3.05, 3.63) is 64.2 Å². The molecule has 2 aromatic rings. The molecule has 18 heavy (non-hydrogen) atoms. The molecule has 1 atom stereocenters. The highest BCUT2D eigenvalue weighted by Crippen LogP contribution is 2.33. The zero-order valence-electron chi connectivity index (χ0n) is 9.83. The summed E-state index contributed by atoms with van der Waals surface area (Å²) in [6, 6.07) is 8.75. The molecule has 1 aromatic carbocycles. The van der Waals surface area contributed by atoms with E-state index < -0.39 is 5.82 Å². The Morgan fingerprint density at radius 1 is 1.33 bits per heavy atom. The maximum Gasteiger partial charge on any atom is 0.142 e. The third-order valence-corrected chi connectivity index (χ3v) is 4.03. The Bertz CT molecular complexity index is 559. The van der Waals surface area contributed by atoms with Crippen molar-refractivity contribution < 1.29 is 4.39 Å². The number of hydrogen-bond acceptors (Lipinski definition) is 1. The fraction of sp³-hybridized carbons (Fsp3) is 0.214. The van der Waals surface area contributed by atoms with E-state index >= 15 is 0 Å². The minimum absolute atomic E-state index is 0.0469. The van der Waals surface area contributed by atoms with Crippen molar-refractivity contribution >= 4 is 27.5 Å². The van der Waals surface area contributed by atoms with Crippen LogP contribution < -0.4 is 0 Å². The van der Waals surface area contributed by atoms with Crippen LogP contribution in [0.2, 0.25) is 5.02 Å². The average molecular weight is 329 g/mol. The topological polar surface area (TPSA) is 12.9 Å². The second kappa shape index (κ2) is 5.81. The van der Waals surface area contributed by atoms with Crippen molar-refractivity contribution in [2.24, 2.45) is 0 Å². The lowest BCUT2D eigenvalue weighted by Gasteiger charge is -2.13. The largest absolute Gasteiger partial charge is 0.261 e. The quantitative estimate of drug-likeness (QED) is 0.733. The number of pyridine rings is 1. The highest BCUT2D eigenvalue weighted by atomic mass is 79.9. The summed E-state index contributed by atoms with van der Waals surface area (Å²) in [7, 11) is 0. The molecule has 0 radical (unpaired) electrons. The molecule has 94 valence electrons. The summed E-state index contributed by atoms with van der Waals surface area (Å²) in [5.74, 6) is -0.392. The first-order chi connectivity index (χ1) is 8.59. The van der Waals surface area contributed by atoms with Crippen molar-refractivity contribution in [1.82, 2.24) is 4.98 Å². The van der Waals surface area contributed by atoms with Gasteiger partial charge >= 0.3 is 0 Å². The van der Waals surface area contributed by atoms with Gasteiger partial charge in [0.25, 0.3) is 0 Å². The minimum atomic E-state index is -0.392. The number of halogens is 3. The maximum atomic E-state index is 13.4. The second-order valence-electron chi connectivity index (χ2n) is 4.08. The molecule has 4 heteroatoms. The van der Waals surface area contributed by atoms with Gasteiger partial charge in [-0.25, -0.2) is 4.39 Å². The Balaban J connectivity index is 2.25. The van der Waals surface area contributed by atoms with Gasteiger partial charge in [0, 0.05) is 23.1 Å². The van der Waals surface area contributed by atoms with Gasteiger partial charge in [-0.15, -0.1) is 0 Å². The number of aryl methyl sites for hydroxylation is 1. The lowest BCUT2D eigenvalue weighted by Crippen LogP contribution is -2.01. The van der Waals surface area contributed by atoms with Gasteiger partial charge in [-0.2, -0.15) is 0 Å². The molecule has 1 nitrogen and oxygen atoms in total. The second-order valence-corrected chi connectivity index (χ2v) is 5.56. The maximum absolute atomic E-state index is 13.4. The third-order valence-electron chi connectivity index (χ3n) is 2.81. The van der Waals surface area contributed by atoms with Gasteiger partial charge in [0.2, 0.25) is 0 Å². The zero-order valence-corrected chi connectivity index (χ0v) is 12.2. The van der Waals surface area contributed by atoms with Crippen LogP contribution in [0.25, 0.3) is 0 Å². The van der Waals surface area contributed by atoms with E-state index in [1.165, 1.54) is 6.07 Å². The molecule has 0 saturated heterocycles. The van der Waals surface area contributed by atoms with Crippen LogP contribution >= 0.6 is 27.5 Å². The predicted octanol–water partition coefficient (Wildman–Crippen LogP) is 4.86. The smallest absolute Gasteiger partial charge is 0.142 e. The van der Waals surface area contributed by atoms with E-state index in [9.17, 15) is 4.39 Å².